The zero-order valence-corrected chi connectivity index (χ0v) is 15.5. The molecule has 1 heterocycles. The maximum atomic E-state index is 12.4. The van der Waals surface area contributed by atoms with Crippen molar-refractivity contribution in [2.45, 2.75) is 25.0 Å². The number of nitrogens with zero attached hydrogens (tertiary/aromatic N) is 1. The zero-order valence-electron chi connectivity index (χ0n) is 11.4. The second kappa shape index (κ2) is 6.87. The molecule has 112 valence electrons. The minimum atomic E-state index is -3.42. The molecular weight excluding hydrogens is 372 g/mol. The van der Waals surface area contributed by atoms with Crippen molar-refractivity contribution < 1.29 is 8.42 Å². The second-order valence-corrected chi connectivity index (χ2v) is 9.79. The van der Waals surface area contributed by atoms with Crippen LogP contribution in [0, 0.1) is 12.3 Å². The van der Waals surface area contributed by atoms with Crippen LogP contribution >= 0.6 is 39.7 Å². The largest absolute Gasteiger partial charge is 0.330 e. The fraction of sp³-hybridized carbons (Fsp3) is 0.636. The highest BCUT2D eigenvalue weighted by molar-refractivity contribution is 9.11. The van der Waals surface area contributed by atoms with E-state index in [2.05, 4.69) is 15.9 Å². The van der Waals surface area contributed by atoms with Crippen LogP contribution in [0.1, 0.15) is 19.4 Å². The van der Waals surface area contributed by atoms with Crippen molar-refractivity contribution in [2.75, 3.05) is 20.1 Å². The molecule has 2 N–H and O–H groups in total. The molecule has 0 saturated heterocycles. The fourth-order valence-corrected chi connectivity index (χ4v) is 5.26. The Morgan fingerprint density at radius 3 is 2.37 bits per heavy atom. The maximum Gasteiger partial charge on any atom is 0.252 e. The van der Waals surface area contributed by atoms with E-state index in [4.69, 9.17) is 5.73 Å². The van der Waals surface area contributed by atoms with Crippen molar-refractivity contribution in [3.8, 4) is 0 Å². The van der Waals surface area contributed by atoms with Gasteiger partial charge in [-0.25, -0.2) is 8.42 Å². The van der Waals surface area contributed by atoms with Crippen LogP contribution in [0.3, 0.4) is 0 Å². The van der Waals surface area contributed by atoms with Crippen LogP contribution in [-0.2, 0) is 10.0 Å². The lowest BCUT2D eigenvalue weighted by atomic mass is 9.94. The van der Waals surface area contributed by atoms with Crippen LogP contribution in [0.25, 0.3) is 0 Å². The quantitative estimate of drug-likeness (QED) is 0.839. The minimum absolute atomic E-state index is 0. The highest BCUT2D eigenvalue weighted by Gasteiger charge is 2.28. The SMILES string of the molecule is Cc1cc(S(=O)(=O)N(C)CC(C)(C)CN)sc1Br.Cl. The Hall–Kier alpha value is 0.340. The molecule has 0 aliphatic heterocycles. The predicted molar refractivity (Wildman–Crippen MR) is 86.7 cm³/mol. The molecule has 0 unspecified atom stereocenters. The molecule has 8 heteroatoms. The van der Waals surface area contributed by atoms with Gasteiger partial charge in [-0.05, 0) is 46.4 Å². The summed E-state index contributed by atoms with van der Waals surface area (Å²) in [5, 5.41) is 0. The fourth-order valence-electron chi connectivity index (χ4n) is 1.46. The molecule has 4 nitrogen and oxygen atoms in total. The molecule has 1 rings (SSSR count). The van der Waals surface area contributed by atoms with E-state index < -0.39 is 10.0 Å². The second-order valence-electron chi connectivity index (χ2n) is 5.15. The van der Waals surface area contributed by atoms with E-state index in [9.17, 15) is 8.42 Å². The summed E-state index contributed by atoms with van der Waals surface area (Å²) in [4.78, 5) is 0. The van der Waals surface area contributed by atoms with Gasteiger partial charge in [0.25, 0.3) is 10.0 Å². The lowest BCUT2D eigenvalue weighted by Crippen LogP contribution is -2.39. The summed E-state index contributed by atoms with van der Waals surface area (Å²) in [6, 6.07) is 1.69. The summed E-state index contributed by atoms with van der Waals surface area (Å²) >= 11 is 4.59. The zero-order chi connectivity index (χ0) is 14.1. The van der Waals surface area contributed by atoms with Crippen LogP contribution in [0.15, 0.2) is 14.1 Å². The van der Waals surface area contributed by atoms with E-state index in [-0.39, 0.29) is 17.8 Å². The van der Waals surface area contributed by atoms with Crippen LogP contribution in [0.4, 0.5) is 0 Å². The van der Waals surface area contributed by atoms with Gasteiger partial charge in [-0.3, -0.25) is 0 Å². The van der Waals surface area contributed by atoms with Crippen molar-refractivity contribution >= 4 is 49.7 Å². The Balaban J connectivity index is 0.00000324. The molecule has 0 aliphatic rings. The summed E-state index contributed by atoms with van der Waals surface area (Å²) in [5.41, 5.74) is 6.34. The first-order valence-electron chi connectivity index (χ1n) is 5.52. The van der Waals surface area contributed by atoms with Gasteiger partial charge in [-0.2, -0.15) is 4.31 Å². The average molecular weight is 392 g/mol. The Morgan fingerprint density at radius 1 is 1.47 bits per heavy atom. The molecule has 0 atom stereocenters. The van der Waals surface area contributed by atoms with Gasteiger partial charge in [-0.15, -0.1) is 23.7 Å². The van der Waals surface area contributed by atoms with Crippen molar-refractivity contribution in [3.63, 3.8) is 0 Å². The highest BCUT2D eigenvalue weighted by atomic mass is 79.9. The Morgan fingerprint density at radius 2 is 2.00 bits per heavy atom. The minimum Gasteiger partial charge on any atom is -0.330 e. The standard InChI is InChI=1S/C11H19BrN2O2S2.ClH/c1-8-5-9(17-10(8)12)18(15,16)14(4)7-11(2,3)6-13;/h5H,6-7,13H2,1-4H3;1H. The van der Waals surface area contributed by atoms with E-state index in [1.54, 1.807) is 13.1 Å². The first kappa shape index (κ1) is 19.3. The third kappa shape index (κ3) is 4.68. The van der Waals surface area contributed by atoms with E-state index in [0.29, 0.717) is 17.3 Å². The number of sulfonamides is 1. The molecule has 19 heavy (non-hydrogen) atoms. The third-order valence-corrected chi connectivity index (χ3v) is 7.09. The van der Waals surface area contributed by atoms with E-state index in [1.807, 2.05) is 20.8 Å². The number of rotatable bonds is 5. The monoisotopic (exact) mass is 390 g/mol. The first-order valence-corrected chi connectivity index (χ1v) is 8.57. The third-order valence-electron chi connectivity index (χ3n) is 2.70. The highest BCUT2D eigenvalue weighted by Crippen LogP contribution is 2.32. The van der Waals surface area contributed by atoms with Gasteiger partial charge in [-0.1, -0.05) is 13.8 Å². The lowest BCUT2D eigenvalue weighted by molar-refractivity contribution is 0.292. The van der Waals surface area contributed by atoms with Gasteiger partial charge < -0.3 is 5.73 Å². The molecule has 0 saturated carbocycles. The molecular formula is C11H20BrClN2O2S2. The van der Waals surface area contributed by atoms with Crippen molar-refractivity contribution in [3.05, 3.63) is 15.4 Å². The normalized spacial score (nSPS) is 12.6. The molecule has 0 spiro atoms. The molecule has 1 aromatic heterocycles. The van der Waals surface area contributed by atoms with Crippen LogP contribution in [0.2, 0.25) is 0 Å². The molecule has 0 aromatic carbocycles. The Labute approximate surface area is 134 Å². The molecule has 0 fully saturated rings. The van der Waals surface area contributed by atoms with Gasteiger partial charge in [0.1, 0.15) is 4.21 Å². The van der Waals surface area contributed by atoms with Crippen LogP contribution in [-0.4, -0.2) is 32.9 Å². The van der Waals surface area contributed by atoms with E-state index in [1.165, 1.54) is 15.6 Å². The molecule has 0 radical (unpaired) electrons. The first-order chi connectivity index (χ1) is 8.10. The predicted octanol–water partition coefficient (Wildman–Crippen LogP) is 2.85. The molecule has 1 aromatic rings. The van der Waals surface area contributed by atoms with E-state index in [0.717, 1.165) is 9.35 Å². The molecule has 0 aliphatic carbocycles. The van der Waals surface area contributed by atoms with Gasteiger partial charge in [0.15, 0.2) is 0 Å². The number of hydrogen-bond acceptors (Lipinski definition) is 4. The number of hydrogen-bond donors (Lipinski definition) is 1. The topological polar surface area (TPSA) is 63.4 Å². The summed E-state index contributed by atoms with van der Waals surface area (Å²) in [6.45, 7) is 6.63. The summed E-state index contributed by atoms with van der Waals surface area (Å²) < 4.78 is 27.3. The van der Waals surface area contributed by atoms with Gasteiger partial charge >= 0.3 is 0 Å². The number of nitrogens with two attached hydrogens (primary N) is 1. The number of thiophene rings is 1. The van der Waals surface area contributed by atoms with Gasteiger partial charge in [0.2, 0.25) is 0 Å². The van der Waals surface area contributed by atoms with Crippen LogP contribution in [0.5, 0.6) is 0 Å². The Kier molecular flexibility index (Phi) is 6.99. The van der Waals surface area contributed by atoms with Gasteiger partial charge in [0, 0.05) is 13.6 Å². The smallest absolute Gasteiger partial charge is 0.252 e. The molecule has 0 bridgehead atoms. The number of halogens is 2. The molecule has 0 amide bonds. The lowest BCUT2D eigenvalue weighted by Gasteiger charge is -2.28. The van der Waals surface area contributed by atoms with Crippen molar-refractivity contribution in [1.82, 2.24) is 4.31 Å². The summed E-state index contributed by atoms with van der Waals surface area (Å²) in [6.07, 6.45) is 0. The summed E-state index contributed by atoms with van der Waals surface area (Å²) in [7, 11) is -1.82. The van der Waals surface area contributed by atoms with Crippen LogP contribution < -0.4 is 5.73 Å². The Bertz CT molecular complexity index is 509. The maximum absolute atomic E-state index is 12.4. The van der Waals surface area contributed by atoms with E-state index >= 15 is 0 Å². The van der Waals surface area contributed by atoms with Crippen molar-refractivity contribution in [2.24, 2.45) is 11.1 Å². The average Bonchev–Trinajstić information content (AvgIpc) is 2.59. The van der Waals surface area contributed by atoms with Crippen molar-refractivity contribution in [1.29, 1.82) is 0 Å². The summed E-state index contributed by atoms with van der Waals surface area (Å²) in [5.74, 6) is 0. The van der Waals surface area contributed by atoms with Gasteiger partial charge in [0.05, 0.1) is 3.79 Å². The number of aryl methyl sites for hydroxylation is 1.